The van der Waals surface area contributed by atoms with Crippen molar-refractivity contribution in [3.8, 4) is 5.75 Å². The van der Waals surface area contributed by atoms with E-state index in [0.717, 1.165) is 27.7 Å². The molecule has 140 valence electrons. The molecule has 0 aliphatic carbocycles. The number of carbonyl (C=O) groups is 1. The van der Waals surface area contributed by atoms with Crippen LogP contribution in [0.4, 0.5) is 0 Å². The van der Waals surface area contributed by atoms with E-state index >= 15 is 0 Å². The molecule has 1 aliphatic heterocycles. The van der Waals surface area contributed by atoms with Gasteiger partial charge in [-0.25, -0.2) is 0 Å². The van der Waals surface area contributed by atoms with Crippen molar-refractivity contribution in [1.82, 2.24) is 0 Å². The van der Waals surface area contributed by atoms with E-state index in [0.29, 0.717) is 17.4 Å². The minimum atomic E-state index is -0.162. The molecule has 3 nitrogen and oxygen atoms in total. The highest BCUT2D eigenvalue weighted by Gasteiger charge is 2.20. The van der Waals surface area contributed by atoms with Crippen LogP contribution >= 0.6 is 23.5 Å². The minimum absolute atomic E-state index is 0.162. The van der Waals surface area contributed by atoms with Crippen molar-refractivity contribution in [1.29, 1.82) is 0 Å². The Kier molecular flexibility index (Phi) is 6.80. The molecule has 1 unspecified atom stereocenters. The van der Waals surface area contributed by atoms with Crippen molar-refractivity contribution in [2.45, 2.75) is 32.8 Å². The molecule has 3 rings (SSSR count). The van der Waals surface area contributed by atoms with Crippen molar-refractivity contribution in [3.05, 3.63) is 70.1 Å². The third kappa shape index (κ3) is 5.27. The van der Waals surface area contributed by atoms with E-state index in [1.807, 2.05) is 36.6 Å². The van der Waals surface area contributed by atoms with E-state index in [4.69, 9.17) is 4.74 Å². The van der Waals surface area contributed by atoms with Crippen LogP contribution in [0.5, 0.6) is 5.75 Å². The lowest BCUT2D eigenvalue weighted by Crippen LogP contribution is -1.97. The Bertz CT molecular complexity index is 855. The van der Waals surface area contributed by atoms with E-state index in [1.54, 1.807) is 0 Å². The lowest BCUT2D eigenvalue weighted by molar-refractivity contribution is -0.113. The third-order valence-electron chi connectivity index (χ3n) is 4.52. The summed E-state index contributed by atoms with van der Waals surface area (Å²) in [5.74, 6) is 1.24. The quantitative estimate of drug-likeness (QED) is 0.551. The molecule has 0 N–H and O–H groups in total. The monoisotopic (exact) mass is 397 g/mol. The van der Waals surface area contributed by atoms with Crippen molar-refractivity contribution in [2.24, 2.45) is 4.99 Å². The first-order valence-corrected chi connectivity index (χ1v) is 11.0. The molecule has 0 fully saturated rings. The Morgan fingerprint density at radius 2 is 1.85 bits per heavy atom. The number of hydrogen-bond acceptors (Lipinski definition) is 4. The van der Waals surface area contributed by atoms with Crippen LogP contribution in [-0.2, 0) is 11.4 Å². The number of benzene rings is 2. The summed E-state index contributed by atoms with van der Waals surface area (Å²) in [5.41, 5.74) is 3.49. The van der Waals surface area contributed by atoms with E-state index in [-0.39, 0.29) is 5.91 Å². The highest BCUT2D eigenvalue weighted by molar-refractivity contribution is 8.40. The average molecular weight is 398 g/mol. The molecule has 0 radical (unpaired) electrons. The van der Waals surface area contributed by atoms with Gasteiger partial charge in [-0.2, -0.15) is 4.99 Å². The molecule has 0 spiro atoms. The summed E-state index contributed by atoms with van der Waals surface area (Å²) < 4.78 is 6.68. The van der Waals surface area contributed by atoms with Crippen molar-refractivity contribution in [3.63, 3.8) is 0 Å². The van der Waals surface area contributed by atoms with Gasteiger partial charge in [0.05, 0.1) is 4.91 Å². The molecule has 2 aromatic carbocycles. The average Bonchev–Trinajstić information content (AvgIpc) is 3.07. The lowest BCUT2D eigenvalue weighted by atomic mass is 9.98. The van der Waals surface area contributed by atoms with Gasteiger partial charge in [0.1, 0.15) is 16.7 Å². The fraction of sp³-hybridized carbons (Fsp3) is 0.273. The molecule has 0 bridgehead atoms. The minimum Gasteiger partial charge on any atom is -0.489 e. The second kappa shape index (κ2) is 9.29. The molecule has 0 saturated heterocycles. The van der Waals surface area contributed by atoms with Gasteiger partial charge in [0, 0.05) is 0 Å². The lowest BCUT2D eigenvalue weighted by Gasteiger charge is -2.10. The van der Waals surface area contributed by atoms with Crippen molar-refractivity contribution < 1.29 is 9.53 Å². The van der Waals surface area contributed by atoms with Gasteiger partial charge < -0.3 is 4.74 Å². The maximum Gasteiger partial charge on any atom is 0.285 e. The summed E-state index contributed by atoms with van der Waals surface area (Å²) in [5, 5.41) is 0. The van der Waals surface area contributed by atoms with Crippen molar-refractivity contribution >= 4 is 39.9 Å². The second-order valence-corrected chi connectivity index (χ2v) is 8.49. The van der Waals surface area contributed by atoms with E-state index in [1.165, 1.54) is 29.1 Å². The molecular formula is C22H23NO2S2. The van der Waals surface area contributed by atoms with Crippen LogP contribution in [0.1, 0.15) is 42.9 Å². The summed E-state index contributed by atoms with van der Waals surface area (Å²) in [6.45, 7) is 4.99. The van der Waals surface area contributed by atoms with Gasteiger partial charge in [0.2, 0.25) is 0 Å². The van der Waals surface area contributed by atoms with Crippen LogP contribution in [0.3, 0.4) is 0 Å². The number of ether oxygens (including phenoxy) is 1. The molecule has 5 heteroatoms. The maximum atomic E-state index is 11.8. The van der Waals surface area contributed by atoms with Crippen LogP contribution in [0.15, 0.2) is 58.4 Å². The number of thioether (sulfide) groups is 2. The van der Waals surface area contributed by atoms with Crippen molar-refractivity contribution in [2.75, 3.05) is 6.26 Å². The van der Waals surface area contributed by atoms with Gasteiger partial charge in [-0.1, -0.05) is 62.0 Å². The molecular weight excluding hydrogens is 374 g/mol. The molecule has 1 amide bonds. The maximum absolute atomic E-state index is 11.8. The first kappa shape index (κ1) is 19.8. The standard InChI is InChI=1S/C22H23NO2S2/c1-4-15(2)18-9-5-17(6-10-18)14-25-19-11-7-16(8-12-19)13-20-21(24)23-22(26-3)27-20/h5-13,15H,4,14H2,1-3H3/b20-13-. The van der Waals surface area contributed by atoms with E-state index in [9.17, 15) is 4.79 Å². The summed E-state index contributed by atoms with van der Waals surface area (Å²) in [6.07, 6.45) is 4.94. The van der Waals surface area contributed by atoms with E-state index < -0.39 is 0 Å². The number of amides is 1. The van der Waals surface area contributed by atoms with Gasteiger partial charge >= 0.3 is 0 Å². The number of nitrogens with zero attached hydrogens (tertiary/aromatic N) is 1. The first-order chi connectivity index (χ1) is 13.1. The van der Waals surface area contributed by atoms with Gasteiger partial charge in [-0.05, 0) is 53.5 Å². The predicted molar refractivity (Wildman–Crippen MR) is 117 cm³/mol. The van der Waals surface area contributed by atoms with Gasteiger partial charge in [0.15, 0.2) is 0 Å². The van der Waals surface area contributed by atoms with Gasteiger partial charge in [-0.3, -0.25) is 4.79 Å². The van der Waals surface area contributed by atoms with Gasteiger partial charge in [0.25, 0.3) is 5.91 Å². The van der Waals surface area contributed by atoms with Crippen LogP contribution in [0.25, 0.3) is 6.08 Å². The van der Waals surface area contributed by atoms with Gasteiger partial charge in [-0.15, -0.1) is 11.8 Å². The van der Waals surface area contributed by atoms with Crippen LogP contribution < -0.4 is 4.74 Å². The fourth-order valence-electron chi connectivity index (χ4n) is 2.63. The Morgan fingerprint density at radius 3 is 2.44 bits per heavy atom. The Morgan fingerprint density at radius 1 is 1.15 bits per heavy atom. The summed E-state index contributed by atoms with van der Waals surface area (Å²) >= 11 is 2.92. The normalized spacial score (nSPS) is 16.5. The largest absolute Gasteiger partial charge is 0.489 e. The predicted octanol–water partition coefficient (Wildman–Crippen LogP) is 6.11. The summed E-state index contributed by atoms with van der Waals surface area (Å²) in [6, 6.07) is 16.4. The highest BCUT2D eigenvalue weighted by atomic mass is 32.2. The number of carbonyl (C=O) groups excluding carboxylic acids is 1. The third-order valence-corrected chi connectivity index (χ3v) is 6.49. The molecule has 0 saturated carbocycles. The summed E-state index contributed by atoms with van der Waals surface area (Å²) in [7, 11) is 0. The topological polar surface area (TPSA) is 38.7 Å². The number of aliphatic imine (C=N–C) groups is 1. The highest BCUT2D eigenvalue weighted by Crippen LogP contribution is 2.32. The molecule has 1 heterocycles. The molecule has 0 aromatic heterocycles. The zero-order chi connectivity index (χ0) is 19.2. The van der Waals surface area contributed by atoms with Crippen LogP contribution in [-0.4, -0.2) is 16.5 Å². The van der Waals surface area contributed by atoms with Crippen LogP contribution in [0, 0.1) is 0 Å². The zero-order valence-corrected chi connectivity index (χ0v) is 17.4. The Labute approximate surface area is 169 Å². The van der Waals surface area contributed by atoms with Crippen LogP contribution in [0.2, 0.25) is 0 Å². The fourth-order valence-corrected chi connectivity index (χ4v) is 4.05. The first-order valence-electron chi connectivity index (χ1n) is 8.97. The zero-order valence-electron chi connectivity index (χ0n) is 15.8. The number of rotatable bonds is 6. The second-order valence-electron chi connectivity index (χ2n) is 6.41. The summed E-state index contributed by atoms with van der Waals surface area (Å²) in [4.78, 5) is 16.5. The Hall–Kier alpha value is -1.98. The molecule has 1 aliphatic rings. The number of hydrogen-bond donors (Lipinski definition) is 0. The molecule has 2 aromatic rings. The molecule has 1 atom stereocenters. The molecule has 27 heavy (non-hydrogen) atoms. The Balaban J connectivity index is 1.57. The SMILES string of the molecule is CCC(C)c1ccc(COc2ccc(/C=C3\SC(SC)=NC3=O)cc2)cc1. The smallest absolute Gasteiger partial charge is 0.285 e. The van der Waals surface area contributed by atoms with E-state index in [2.05, 4.69) is 43.1 Å².